The van der Waals surface area contributed by atoms with Crippen molar-refractivity contribution in [2.45, 2.75) is 0 Å². The van der Waals surface area contributed by atoms with E-state index in [1.807, 2.05) is 0 Å². The van der Waals surface area contributed by atoms with Crippen molar-refractivity contribution in [2.75, 3.05) is 7.11 Å². The van der Waals surface area contributed by atoms with Gasteiger partial charge >= 0.3 is 5.97 Å². The van der Waals surface area contributed by atoms with Crippen molar-refractivity contribution in [1.29, 1.82) is 0 Å². The van der Waals surface area contributed by atoms with Crippen LogP contribution in [0.5, 0.6) is 5.75 Å². The van der Waals surface area contributed by atoms with Crippen LogP contribution in [-0.2, 0) is 4.89 Å². The molecule has 0 saturated carbocycles. The van der Waals surface area contributed by atoms with E-state index in [2.05, 4.69) is 4.89 Å². The molecule has 64 valence electrons. The lowest BCUT2D eigenvalue weighted by Gasteiger charge is -2.00. The van der Waals surface area contributed by atoms with Gasteiger partial charge in [-0.3, -0.25) is 4.89 Å². The summed E-state index contributed by atoms with van der Waals surface area (Å²) in [4.78, 5) is 14.3. The van der Waals surface area contributed by atoms with Crippen molar-refractivity contribution in [3.05, 3.63) is 29.8 Å². The standard InChI is InChI=1S/C8H8O4/c1-11-7-4-2-3-6(5-7)8(9)12-10/h2-5,10H,1H3. The molecule has 1 N–H and O–H groups in total. The van der Waals surface area contributed by atoms with Crippen LogP contribution in [-0.4, -0.2) is 18.3 Å². The van der Waals surface area contributed by atoms with E-state index in [0.29, 0.717) is 5.75 Å². The fourth-order valence-corrected chi connectivity index (χ4v) is 0.803. The molecule has 0 unspecified atom stereocenters. The highest BCUT2D eigenvalue weighted by Crippen LogP contribution is 2.12. The highest BCUT2D eigenvalue weighted by molar-refractivity contribution is 5.89. The summed E-state index contributed by atoms with van der Waals surface area (Å²) in [5.41, 5.74) is 0.247. The third-order valence-corrected chi connectivity index (χ3v) is 1.39. The zero-order valence-corrected chi connectivity index (χ0v) is 6.48. The smallest absolute Gasteiger partial charge is 0.372 e. The molecule has 4 nitrogen and oxygen atoms in total. The predicted octanol–water partition coefficient (Wildman–Crippen LogP) is 1.32. The van der Waals surface area contributed by atoms with Gasteiger partial charge in [0.15, 0.2) is 0 Å². The Morgan fingerprint density at radius 3 is 2.83 bits per heavy atom. The minimum absolute atomic E-state index is 0.247. The minimum atomic E-state index is -0.797. The molecular formula is C8H8O4. The fraction of sp³-hybridized carbons (Fsp3) is 0.125. The topological polar surface area (TPSA) is 55.8 Å². The Bertz CT molecular complexity index is 282. The van der Waals surface area contributed by atoms with Crippen molar-refractivity contribution >= 4 is 5.97 Å². The summed E-state index contributed by atoms with van der Waals surface area (Å²) >= 11 is 0. The number of methoxy groups -OCH3 is 1. The van der Waals surface area contributed by atoms with E-state index in [4.69, 9.17) is 9.99 Å². The van der Waals surface area contributed by atoms with E-state index < -0.39 is 5.97 Å². The molecule has 0 aliphatic carbocycles. The average Bonchev–Trinajstić information content (AvgIpc) is 2.17. The molecule has 0 bridgehead atoms. The van der Waals surface area contributed by atoms with Crippen LogP contribution >= 0.6 is 0 Å². The molecule has 0 amide bonds. The van der Waals surface area contributed by atoms with Gasteiger partial charge in [0, 0.05) is 0 Å². The molecule has 0 atom stereocenters. The van der Waals surface area contributed by atoms with E-state index in [-0.39, 0.29) is 5.56 Å². The number of hydrogen-bond acceptors (Lipinski definition) is 4. The van der Waals surface area contributed by atoms with E-state index in [1.165, 1.54) is 19.2 Å². The van der Waals surface area contributed by atoms with E-state index in [1.54, 1.807) is 12.1 Å². The highest BCUT2D eigenvalue weighted by atomic mass is 17.1. The number of rotatable bonds is 2. The molecule has 4 heteroatoms. The number of hydrogen-bond donors (Lipinski definition) is 1. The van der Waals surface area contributed by atoms with Gasteiger partial charge in [-0.25, -0.2) is 4.79 Å². The van der Waals surface area contributed by atoms with Crippen molar-refractivity contribution in [1.82, 2.24) is 0 Å². The normalized spacial score (nSPS) is 9.17. The summed E-state index contributed by atoms with van der Waals surface area (Å²) < 4.78 is 4.86. The Morgan fingerprint density at radius 1 is 1.50 bits per heavy atom. The largest absolute Gasteiger partial charge is 0.497 e. The molecule has 0 saturated heterocycles. The fourth-order valence-electron chi connectivity index (χ4n) is 0.803. The first kappa shape index (κ1) is 8.55. The van der Waals surface area contributed by atoms with Gasteiger partial charge in [-0.2, -0.15) is 5.26 Å². The first-order valence-corrected chi connectivity index (χ1v) is 3.27. The van der Waals surface area contributed by atoms with Crippen molar-refractivity contribution in [2.24, 2.45) is 0 Å². The maximum Gasteiger partial charge on any atom is 0.372 e. The van der Waals surface area contributed by atoms with Crippen LogP contribution < -0.4 is 4.74 Å². The lowest BCUT2D eigenvalue weighted by atomic mass is 10.2. The Balaban J connectivity index is 2.93. The van der Waals surface area contributed by atoms with Gasteiger partial charge in [0.2, 0.25) is 0 Å². The quantitative estimate of drug-likeness (QED) is 0.534. The zero-order valence-electron chi connectivity index (χ0n) is 6.48. The molecule has 0 aliphatic heterocycles. The molecule has 0 radical (unpaired) electrons. The average molecular weight is 168 g/mol. The summed E-state index contributed by atoms with van der Waals surface area (Å²) in [5.74, 6) is -0.258. The number of benzene rings is 1. The maximum absolute atomic E-state index is 10.8. The Morgan fingerprint density at radius 2 is 2.25 bits per heavy atom. The van der Waals surface area contributed by atoms with Crippen LogP contribution in [0.25, 0.3) is 0 Å². The van der Waals surface area contributed by atoms with Gasteiger partial charge < -0.3 is 4.74 Å². The van der Waals surface area contributed by atoms with Crippen molar-refractivity contribution in [3.8, 4) is 5.75 Å². The summed E-state index contributed by atoms with van der Waals surface area (Å²) in [6.07, 6.45) is 0. The number of carbonyl (C=O) groups excluding carboxylic acids is 1. The second-order valence-corrected chi connectivity index (χ2v) is 2.11. The number of ether oxygens (including phenoxy) is 1. The Labute approximate surface area is 69.3 Å². The van der Waals surface area contributed by atoms with Gasteiger partial charge in [0.1, 0.15) is 5.75 Å². The van der Waals surface area contributed by atoms with Crippen LogP contribution in [0.15, 0.2) is 24.3 Å². The highest BCUT2D eigenvalue weighted by Gasteiger charge is 2.06. The summed E-state index contributed by atoms with van der Waals surface area (Å²) in [6.45, 7) is 0. The molecular weight excluding hydrogens is 160 g/mol. The zero-order chi connectivity index (χ0) is 8.97. The molecule has 0 heterocycles. The molecule has 1 aromatic carbocycles. The van der Waals surface area contributed by atoms with E-state index in [9.17, 15) is 4.79 Å². The lowest BCUT2D eigenvalue weighted by Crippen LogP contribution is -2.01. The molecule has 1 aromatic rings. The van der Waals surface area contributed by atoms with E-state index in [0.717, 1.165) is 0 Å². The van der Waals surface area contributed by atoms with Gasteiger partial charge in [0.25, 0.3) is 0 Å². The van der Waals surface area contributed by atoms with E-state index >= 15 is 0 Å². The maximum atomic E-state index is 10.8. The second kappa shape index (κ2) is 3.73. The third kappa shape index (κ3) is 1.73. The van der Waals surface area contributed by atoms with Gasteiger partial charge in [0.05, 0.1) is 12.7 Å². The molecule has 12 heavy (non-hydrogen) atoms. The predicted molar refractivity (Wildman–Crippen MR) is 41.0 cm³/mol. The van der Waals surface area contributed by atoms with Gasteiger partial charge in [-0.05, 0) is 18.2 Å². The Hall–Kier alpha value is -1.55. The Kier molecular flexibility index (Phi) is 2.66. The molecule has 0 aliphatic rings. The van der Waals surface area contributed by atoms with Crippen LogP contribution in [0.4, 0.5) is 0 Å². The summed E-state index contributed by atoms with van der Waals surface area (Å²) in [5, 5.41) is 8.06. The number of carbonyl (C=O) groups is 1. The third-order valence-electron chi connectivity index (χ3n) is 1.39. The lowest BCUT2D eigenvalue weighted by molar-refractivity contribution is -0.182. The first-order chi connectivity index (χ1) is 5.77. The summed E-state index contributed by atoms with van der Waals surface area (Å²) in [6, 6.07) is 6.30. The summed E-state index contributed by atoms with van der Waals surface area (Å²) in [7, 11) is 1.49. The molecule has 0 spiro atoms. The first-order valence-electron chi connectivity index (χ1n) is 3.27. The molecule has 1 rings (SSSR count). The van der Waals surface area contributed by atoms with Crippen LogP contribution in [0, 0.1) is 0 Å². The van der Waals surface area contributed by atoms with Crippen LogP contribution in [0.1, 0.15) is 10.4 Å². The van der Waals surface area contributed by atoms with Crippen molar-refractivity contribution in [3.63, 3.8) is 0 Å². The molecule has 0 aromatic heterocycles. The van der Waals surface area contributed by atoms with Crippen LogP contribution in [0.3, 0.4) is 0 Å². The van der Waals surface area contributed by atoms with Gasteiger partial charge in [-0.1, -0.05) is 6.07 Å². The van der Waals surface area contributed by atoms with Crippen LogP contribution in [0.2, 0.25) is 0 Å². The molecule has 0 fully saturated rings. The SMILES string of the molecule is COc1cccc(C(=O)OO)c1. The minimum Gasteiger partial charge on any atom is -0.497 e. The second-order valence-electron chi connectivity index (χ2n) is 2.11. The monoisotopic (exact) mass is 168 g/mol. The van der Waals surface area contributed by atoms with Gasteiger partial charge in [-0.15, -0.1) is 0 Å². The van der Waals surface area contributed by atoms with Crippen molar-refractivity contribution < 1.29 is 19.7 Å².